The molecule has 0 spiro atoms. The number of thiocarbonyl (C=S) groups is 1. The molecule has 0 bridgehead atoms. The van der Waals surface area contributed by atoms with E-state index in [1.165, 1.54) is 12.0 Å². The number of benzene rings is 1. The number of esters is 2. The summed E-state index contributed by atoms with van der Waals surface area (Å²) in [6.07, 6.45) is 1.59. The molecule has 0 N–H and O–H groups in total. The van der Waals surface area contributed by atoms with Gasteiger partial charge in [0.05, 0.1) is 18.7 Å². The molecule has 0 saturated carbocycles. The van der Waals surface area contributed by atoms with Crippen LogP contribution >= 0.6 is 23.8 Å². The Labute approximate surface area is 172 Å². The van der Waals surface area contributed by atoms with Crippen LogP contribution in [0.25, 0.3) is 6.08 Å². The number of nitrogens with zero attached hydrogens (tertiary/aromatic N) is 2. The first-order valence-corrected chi connectivity index (χ1v) is 9.03. The molecule has 1 aliphatic heterocycles. The van der Waals surface area contributed by atoms with E-state index in [9.17, 15) is 14.4 Å². The van der Waals surface area contributed by atoms with E-state index in [1.54, 1.807) is 38.2 Å². The fourth-order valence-corrected chi connectivity index (χ4v) is 2.85. The third-order valence-electron chi connectivity index (χ3n) is 3.77. The monoisotopic (exact) mass is 426 g/mol. The number of rotatable bonds is 7. The van der Waals surface area contributed by atoms with E-state index in [4.69, 9.17) is 33.3 Å². The highest BCUT2D eigenvalue weighted by molar-refractivity contribution is 7.80. The number of hydrogen-bond donors (Lipinski definition) is 0. The molecule has 1 aromatic carbocycles. The van der Waals surface area contributed by atoms with Crippen LogP contribution in [0.4, 0.5) is 0 Å². The minimum atomic E-state index is -0.573. The van der Waals surface area contributed by atoms with Crippen molar-refractivity contribution in [3.05, 3.63) is 34.5 Å². The maximum atomic E-state index is 12.6. The third kappa shape index (κ3) is 4.99. The Kier molecular flexibility index (Phi) is 7.36. The number of halogens is 1. The number of hydrogen-bond acceptors (Lipinski definition) is 7. The van der Waals surface area contributed by atoms with Crippen LogP contribution in [0.1, 0.15) is 12.5 Å². The molecule has 150 valence electrons. The summed E-state index contributed by atoms with van der Waals surface area (Å²) in [6, 6.07) is 4.84. The molecule has 0 aromatic heterocycles. The van der Waals surface area contributed by atoms with E-state index < -0.39 is 17.8 Å². The Morgan fingerprint density at radius 2 is 2.00 bits per heavy atom. The quantitative estimate of drug-likeness (QED) is 0.371. The SMILES string of the molecule is CCOC(=O)COc1ccc(/C=C2/C(=O)N(CC(=O)OC)C(=S)N2C)cc1Cl. The third-order valence-corrected chi connectivity index (χ3v) is 4.56. The van der Waals surface area contributed by atoms with Gasteiger partial charge in [-0.25, -0.2) is 4.79 Å². The van der Waals surface area contributed by atoms with Crippen LogP contribution in [-0.4, -0.2) is 66.7 Å². The van der Waals surface area contributed by atoms with Gasteiger partial charge in [-0.05, 0) is 42.9 Å². The summed E-state index contributed by atoms with van der Waals surface area (Å²) < 4.78 is 14.7. The molecule has 28 heavy (non-hydrogen) atoms. The van der Waals surface area contributed by atoms with Crippen molar-refractivity contribution in [3.8, 4) is 5.75 Å². The number of likely N-dealkylation sites (N-methyl/N-ethyl adjacent to an activating group) is 1. The molecule has 0 atom stereocenters. The second-order valence-corrected chi connectivity index (χ2v) is 6.39. The summed E-state index contributed by atoms with van der Waals surface area (Å²) in [7, 11) is 2.86. The van der Waals surface area contributed by atoms with Gasteiger partial charge >= 0.3 is 11.9 Å². The molecule has 10 heteroatoms. The molecule has 1 aliphatic rings. The molecule has 8 nitrogen and oxygen atoms in total. The number of methoxy groups -OCH3 is 1. The fourth-order valence-electron chi connectivity index (χ4n) is 2.37. The number of carbonyl (C=O) groups excluding carboxylic acids is 3. The van der Waals surface area contributed by atoms with E-state index in [1.807, 2.05) is 0 Å². The van der Waals surface area contributed by atoms with Crippen molar-refractivity contribution in [2.45, 2.75) is 6.92 Å². The average molecular weight is 427 g/mol. The van der Waals surface area contributed by atoms with Gasteiger partial charge in [0, 0.05) is 7.05 Å². The first-order valence-electron chi connectivity index (χ1n) is 8.24. The predicted molar refractivity (Wildman–Crippen MR) is 106 cm³/mol. The van der Waals surface area contributed by atoms with Crippen LogP contribution in [0.15, 0.2) is 23.9 Å². The number of ether oxygens (including phenoxy) is 3. The summed E-state index contributed by atoms with van der Waals surface area (Å²) in [5.41, 5.74) is 0.900. The summed E-state index contributed by atoms with van der Waals surface area (Å²) in [6.45, 7) is 1.44. The van der Waals surface area contributed by atoms with Gasteiger partial charge in [0.2, 0.25) is 0 Å². The van der Waals surface area contributed by atoms with Crippen molar-refractivity contribution in [1.29, 1.82) is 0 Å². The van der Waals surface area contributed by atoms with Gasteiger partial charge in [-0.1, -0.05) is 17.7 Å². The molecule has 1 saturated heterocycles. The van der Waals surface area contributed by atoms with Gasteiger partial charge in [-0.2, -0.15) is 0 Å². The van der Waals surface area contributed by atoms with E-state index >= 15 is 0 Å². The van der Waals surface area contributed by atoms with Crippen LogP contribution in [0.2, 0.25) is 5.02 Å². The van der Waals surface area contributed by atoms with Gasteiger partial charge in [-0.15, -0.1) is 0 Å². The topological polar surface area (TPSA) is 85.4 Å². The largest absolute Gasteiger partial charge is 0.480 e. The molecule has 0 aliphatic carbocycles. The second kappa shape index (κ2) is 9.52. The van der Waals surface area contributed by atoms with E-state index in [0.717, 1.165) is 4.90 Å². The zero-order valence-electron chi connectivity index (χ0n) is 15.6. The minimum absolute atomic E-state index is 0.196. The Morgan fingerprint density at radius 1 is 1.29 bits per heavy atom. The summed E-state index contributed by atoms with van der Waals surface area (Å²) in [4.78, 5) is 38.1. The molecule has 0 unspecified atom stereocenters. The number of amides is 1. The van der Waals surface area contributed by atoms with E-state index in [0.29, 0.717) is 11.3 Å². The number of carbonyl (C=O) groups is 3. The second-order valence-electron chi connectivity index (χ2n) is 5.62. The lowest BCUT2D eigenvalue weighted by Gasteiger charge is -2.14. The van der Waals surface area contributed by atoms with Crippen molar-refractivity contribution in [2.24, 2.45) is 0 Å². The van der Waals surface area contributed by atoms with Crippen LogP contribution < -0.4 is 4.74 Å². The summed E-state index contributed by atoms with van der Waals surface area (Å²) in [5.74, 6) is -1.18. The van der Waals surface area contributed by atoms with Crippen molar-refractivity contribution < 1.29 is 28.6 Å². The van der Waals surface area contributed by atoms with Gasteiger partial charge in [0.1, 0.15) is 18.0 Å². The maximum Gasteiger partial charge on any atom is 0.344 e. The molecular weight excluding hydrogens is 408 g/mol. The lowest BCUT2D eigenvalue weighted by Crippen LogP contribution is -2.36. The molecule has 1 fully saturated rings. The first kappa shape index (κ1) is 21.6. The lowest BCUT2D eigenvalue weighted by molar-refractivity contribution is -0.145. The fraction of sp³-hybridized carbons (Fsp3) is 0.333. The van der Waals surface area contributed by atoms with Crippen molar-refractivity contribution in [1.82, 2.24) is 9.80 Å². The Balaban J connectivity index is 2.17. The maximum absolute atomic E-state index is 12.6. The molecular formula is C18H19ClN2O6S. The standard InChI is InChI=1S/C18H19ClN2O6S/c1-4-26-16(23)10-27-14-6-5-11(7-12(14)19)8-13-17(24)21(9-15(22)25-3)18(28)20(13)2/h5-8H,4,9-10H2,1-3H3/b13-8-. The van der Waals surface area contributed by atoms with Crippen LogP contribution in [0, 0.1) is 0 Å². The van der Waals surface area contributed by atoms with Crippen LogP contribution in [0.5, 0.6) is 5.75 Å². The Hall–Kier alpha value is -2.65. The van der Waals surface area contributed by atoms with Gasteiger partial charge in [-0.3, -0.25) is 14.5 Å². The smallest absolute Gasteiger partial charge is 0.344 e. The lowest BCUT2D eigenvalue weighted by atomic mass is 10.1. The van der Waals surface area contributed by atoms with Gasteiger partial charge < -0.3 is 19.1 Å². The normalized spacial score (nSPS) is 15.2. The van der Waals surface area contributed by atoms with E-state index in [2.05, 4.69) is 4.74 Å². The predicted octanol–water partition coefficient (Wildman–Crippen LogP) is 1.85. The average Bonchev–Trinajstić information content (AvgIpc) is 2.85. The highest BCUT2D eigenvalue weighted by atomic mass is 35.5. The molecule has 1 amide bonds. The van der Waals surface area contributed by atoms with Crippen LogP contribution in [0.3, 0.4) is 0 Å². The van der Waals surface area contributed by atoms with Crippen molar-refractivity contribution in [2.75, 3.05) is 33.9 Å². The van der Waals surface area contributed by atoms with Crippen molar-refractivity contribution >= 4 is 52.9 Å². The van der Waals surface area contributed by atoms with E-state index in [-0.39, 0.29) is 35.6 Å². The highest BCUT2D eigenvalue weighted by Crippen LogP contribution is 2.28. The summed E-state index contributed by atoms with van der Waals surface area (Å²) in [5, 5.41) is 0.461. The van der Waals surface area contributed by atoms with Crippen LogP contribution in [-0.2, 0) is 23.9 Å². The zero-order chi connectivity index (χ0) is 20.8. The highest BCUT2D eigenvalue weighted by Gasteiger charge is 2.37. The molecule has 0 radical (unpaired) electrons. The van der Waals surface area contributed by atoms with Crippen molar-refractivity contribution in [3.63, 3.8) is 0 Å². The van der Waals surface area contributed by atoms with Gasteiger partial charge in [0.25, 0.3) is 5.91 Å². The molecule has 2 rings (SSSR count). The Morgan fingerprint density at radius 3 is 2.61 bits per heavy atom. The molecule has 1 heterocycles. The van der Waals surface area contributed by atoms with Gasteiger partial charge in [0.15, 0.2) is 11.7 Å². The first-order chi connectivity index (χ1) is 13.3. The zero-order valence-corrected chi connectivity index (χ0v) is 17.1. The minimum Gasteiger partial charge on any atom is -0.480 e. The molecule has 1 aromatic rings. The Bertz CT molecular complexity index is 841. The summed E-state index contributed by atoms with van der Waals surface area (Å²) >= 11 is 11.4.